The van der Waals surface area contributed by atoms with Crippen molar-refractivity contribution in [2.75, 3.05) is 36.1 Å². The summed E-state index contributed by atoms with van der Waals surface area (Å²) in [4.78, 5) is 15.0. The third kappa shape index (κ3) is 3.93. The third-order valence-electron chi connectivity index (χ3n) is 4.95. The number of nitrogens with two attached hydrogens (primary N) is 1. The molecule has 1 aliphatic heterocycles. The normalized spacial score (nSPS) is 17.0. The lowest BCUT2D eigenvalue weighted by molar-refractivity contribution is 0.102. The summed E-state index contributed by atoms with van der Waals surface area (Å²) in [6.45, 7) is 6.43. The van der Waals surface area contributed by atoms with Crippen LogP contribution in [0.1, 0.15) is 35.7 Å². The van der Waals surface area contributed by atoms with E-state index in [1.165, 1.54) is 12.8 Å². The van der Waals surface area contributed by atoms with Gasteiger partial charge in [-0.05, 0) is 61.6 Å². The Morgan fingerprint density at radius 3 is 2.85 bits per heavy atom. The van der Waals surface area contributed by atoms with E-state index in [1.54, 1.807) is 25.3 Å². The summed E-state index contributed by atoms with van der Waals surface area (Å²) in [6.07, 6.45) is 2.46. The minimum absolute atomic E-state index is 0.197. The number of carbonyl (C=O) groups excluding carboxylic acids is 1. The number of rotatable bonds is 4. The first-order chi connectivity index (χ1) is 12.5. The summed E-state index contributed by atoms with van der Waals surface area (Å²) in [5.41, 5.74) is 10.2. The van der Waals surface area contributed by atoms with E-state index >= 15 is 0 Å². The fraction of sp³-hybridized carbons (Fsp3) is 0.381. The van der Waals surface area contributed by atoms with Crippen molar-refractivity contribution < 1.29 is 9.53 Å². The van der Waals surface area contributed by atoms with Crippen molar-refractivity contribution in [3.05, 3.63) is 47.5 Å². The van der Waals surface area contributed by atoms with Gasteiger partial charge in [0.05, 0.1) is 18.5 Å². The summed E-state index contributed by atoms with van der Waals surface area (Å²) < 4.78 is 5.19. The Labute approximate surface area is 155 Å². The summed E-state index contributed by atoms with van der Waals surface area (Å²) in [6, 6.07) is 11.0. The largest absolute Gasteiger partial charge is 0.497 e. The lowest BCUT2D eigenvalue weighted by Crippen LogP contribution is -2.34. The number of nitrogens with one attached hydrogen (secondary N) is 1. The van der Waals surface area contributed by atoms with Crippen LogP contribution in [0.25, 0.3) is 0 Å². The number of piperidine rings is 1. The molecule has 5 nitrogen and oxygen atoms in total. The van der Waals surface area contributed by atoms with E-state index in [2.05, 4.69) is 24.1 Å². The van der Waals surface area contributed by atoms with Crippen molar-refractivity contribution in [1.29, 1.82) is 0 Å². The molecule has 0 bridgehead atoms. The van der Waals surface area contributed by atoms with Gasteiger partial charge in [-0.3, -0.25) is 4.79 Å². The van der Waals surface area contributed by atoms with Gasteiger partial charge in [-0.25, -0.2) is 0 Å². The summed E-state index contributed by atoms with van der Waals surface area (Å²) >= 11 is 0. The standard InChI is InChI=1S/C21H27N3O2/c1-14-6-5-9-24(13-14)20-12-19(18(22)10-15(20)2)23-21(25)16-7-4-8-17(11-16)26-3/h4,7-8,10-12,14H,5-6,9,13,22H2,1-3H3,(H,23,25)/t14-/m1/s1. The van der Waals surface area contributed by atoms with Gasteiger partial charge in [-0.1, -0.05) is 13.0 Å². The topological polar surface area (TPSA) is 67.6 Å². The Bertz CT molecular complexity index is 804. The second-order valence-electron chi connectivity index (χ2n) is 7.11. The molecule has 138 valence electrons. The van der Waals surface area contributed by atoms with E-state index < -0.39 is 0 Å². The Hall–Kier alpha value is -2.69. The predicted molar refractivity (Wildman–Crippen MR) is 107 cm³/mol. The first kappa shape index (κ1) is 18.1. The molecule has 0 radical (unpaired) electrons. The van der Waals surface area contributed by atoms with Crippen LogP contribution in [0.5, 0.6) is 5.75 Å². The fourth-order valence-electron chi connectivity index (χ4n) is 3.53. The van der Waals surface area contributed by atoms with Crippen molar-refractivity contribution >= 4 is 23.0 Å². The minimum Gasteiger partial charge on any atom is -0.497 e. The highest BCUT2D eigenvalue weighted by Crippen LogP contribution is 2.32. The Morgan fingerprint density at radius 1 is 1.31 bits per heavy atom. The van der Waals surface area contributed by atoms with Crippen molar-refractivity contribution in [3.8, 4) is 5.75 Å². The van der Waals surface area contributed by atoms with Gasteiger partial charge < -0.3 is 20.7 Å². The first-order valence-corrected chi connectivity index (χ1v) is 9.08. The molecule has 26 heavy (non-hydrogen) atoms. The second-order valence-corrected chi connectivity index (χ2v) is 7.11. The number of nitrogens with zero attached hydrogens (tertiary/aromatic N) is 1. The Kier molecular flexibility index (Phi) is 5.35. The summed E-state index contributed by atoms with van der Waals surface area (Å²) in [5.74, 6) is 1.13. The first-order valence-electron chi connectivity index (χ1n) is 9.08. The molecule has 0 saturated carbocycles. The molecular weight excluding hydrogens is 326 g/mol. The van der Waals surface area contributed by atoms with Crippen LogP contribution in [-0.2, 0) is 0 Å². The number of hydrogen-bond donors (Lipinski definition) is 2. The maximum absolute atomic E-state index is 12.6. The number of hydrogen-bond acceptors (Lipinski definition) is 4. The molecule has 2 aromatic rings. The minimum atomic E-state index is -0.197. The van der Waals surface area contributed by atoms with E-state index in [1.807, 2.05) is 18.2 Å². The van der Waals surface area contributed by atoms with E-state index in [-0.39, 0.29) is 5.91 Å². The molecule has 1 heterocycles. The maximum atomic E-state index is 12.6. The van der Waals surface area contributed by atoms with Crippen LogP contribution < -0.4 is 20.7 Å². The van der Waals surface area contributed by atoms with Crippen LogP contribution in [0.2, 0.25) is 0 Å². The van der Waals surface area contributed by atoms with Gasteiger partial charge in [0.25, 0.3) is 5.91 Å². The molecule has 0 aliphatic carbocycles. The number of nitrogen functional groups attached to an aromatic ring is 1. The van der Waals surface area contributed by atoms with E-state index in [9.17, 15) is 4.79 Å². The lowest BCUT2D eigenvalue weighted by Gasteiger charge is -2.34. The predicted octanol–water partition coefficient (Wildman–Crippen LogP) is 4.07. The van der Waals surface area contributed by atoms with E-state index in [0.29, 0.717) is 28.6 Å². The zero-order valence-electron chi connectivity index (χ0n) is 15.7. The van der Waals surface area contributed by atoms with Crippen molar-refractivity contribution in [1.82, 2.24) is 0 Å². The molecule has 1 fully saturated rings. The van der Waals surface area contributed by atoms with Crippen LogP contribution in [0.15, 0.2) is 36.4 Å². The summed E-state index contributed by atoms with van der Waals surface area (Å²) in [5, 5.41) is 2.95. The molecule has 1 amide bonds. The monoisotopic (exact) mass is 353 g/mol. The molecule has 0 unspecified atom stereocenters. The number of anilines is 3. The number of amides is 1. The van der Waals surface area contributed by atoms with Crippen molar-refractivity contribution in [3.63, 3.8) is 0 Å². The average Bonchev–Trinajstić information content (AvgIpc) is 2.64. The molecular formula is C21H27N3O2. The number of aryl methyl sites for hydroxylation is 1. The second kappa shape index (κ2) is 7.68. The number of methoxy groups -OCH3 is 1. The molecule has 1 saturated heterocycles. The molecule has 3 N–H and O–H groups in total. The third-order valence-corrected chi connectivity index (χ3v) is 4.95. The van der Waals surface area contributed by atoms with Crippen LogP contribution in [-0.4, -0.2) is 26.1 Å². The molecule has 2 aromatic carbocycles. The average molecular weight is 353 g/mol. The van der Waals surface area contributed by atoms with Gasteiger partial charge in [0.2, 0.25) is 0 Å². The van der Waals surface area contributed by atoms with Crippen LogP contribution in [0.3, 0.4) is 0 Å². The quantitative estimate of drug-likeness (QED) is 0.813. The van der Waals surface area contributed by atoms with Crippen LogP contribution >= 0.6 is 0 Å². The van der Waals surface area contributed by atoms with Crippen LogP contribution in [0.4, 0.5) is 17.1 Å². The van der Waals surface area contributed by atoms with Crippen LogP contribution in [0, 0.1) is 12.8 Å². The smallest absolute Gasteiger partial charge is 0.255 e. The number of carbonyl (C=O) groups is 1. The summed E-state index contributed by atoms with van der Waals surface area (Å²) in [7, 11) is 1.58. The highest BCUT2D eigenvalue weighted by atomic mass is 16.5. The van der Waals surface area contributed by atoms with Gasteiger partial charge in [-0.2, -0.15) is 0 Å². The zero-order chi connectivity index (χ0) is 18.7. The van der Waals surface area contributed by atoms with Gasteiger partial charge in [0.1, 0.15) is 5.75 Å². The number of benzene rings is 2. The Morgan fingerprint density at radius 2 is 2.12 bits per heavy atom. The van der Waals surface area contributed by atoms with Crippen molar-refractivity contribution in [2.45, 2.75) is 26.7 Å². The molecule has 1 atom stereocenters. The zero-order valence-corrected chi connectivity index (χ0v) is 15.7. The van der Waals surface area contributed by atoms with Gasteiger partial charge in [0.15, 0.2) is 0 Å². The molecule has 0 spiro atoms. The fourth-order valence-corrected chi connectivity index (χ4v) is 3.53. The van der Waals surface area contributed by atoms with Gasteiger partial charge >= 0.3 is 0 Å². The van der Waals surface area contributed by atoms with Gasteiger partial charge in [0, 0.05) is 24.3 Å². The highest BCUT2D eigenvalue weighted by Gasteiger charge is 2.20. The molecule has 0 aromatic heterocycles. The Balaban J connectivity index is 1.85. The molecule has 5 heteroatoms. The van der Waals surface area contributed by atoms with E-state index in [4.69, 9.17) is 10.5 Å². The van der Waals surface area contributed by atoms with Gasteiger partial charge in [-0.15, -0.1) is 0 Å². The highest BCUT2D eigenvalue weighted by molar-refractivity contribution is 6.06. The molecule has 1 aliphatic rings. The van der Waals surface area contributed by atoms with Crippen molar-refractivity contribution in [2.24, 2.45) is 5.92 Å². The number of ether oxygens (including phenoxy) is 1. The van der Waals surface area contributed by atoms with E-state index in [0.717, 1.165) is 24.3 Å². The molecule has 3 rings (SSSR count). The lowest BCUT2D eigenvalue weighted by atomic mass is 9.98. The SMILES string of the molecule is COc1cccc(C(=O)Nc2cc(N3CCC[C@@H](C)C3)c(C)cc2N)c1. The maximum Gasteiger partial charge on any atom is 0.255 e.